The summed E-state index contributed by atoms with van der Waals surface area (Å²) in [5, 5.41) is 6.91. The summed E-state index contributed by atoms with van der Waals surface area (Å²) in [6, 6.07) is 5.23. The molecule has 2 heteroatoms. The van der Waals surface area contributed by atoms with Crippen molar-refractivity contribution in [3.8, 4) is 0 Å². The highest BCUT2D eigenvalue weighted by Crippen LogP contribution is 2.30. The van der Waals surface area contributed by atoms with Gasteiger partial charge in [0.1, 0.15) is 0 Å². The molecular formula is C14H22N2. The smallest absolute Gasteiger partial charge is 0.0404 e. The van der Waals surface area contributed by atoms with E-state index in [1.165, 1.54) is 41.6 Å². The van der Waals surface area contributed by atoms with Crippen molar-refractivity contribution in [2.45, 2.75) is 39.2 Å². The molecule has 1 aliphatic heterocycles. The number of anilines is 1. The Morgan fingerprint density at radius 2 is 2.19 bits per heavy atom. The van der Waals surface area contributed by atoms with Gasteiger partial charge < -0.3 is 10.6 Å². The van der Waals surface area contributed by atoms with Gasteiger partial charge in [-0.15, -0.1) is 0 Å². The molecule has 1 aromatic carbocycles. The second kappa shape index (κ2) is 4.88. The Morgan fingerprint density at radius 3 is 2.94 bits per heavy atom. The van der Waals surface area contributed by atoms with Crippen LogP contribution in [-0.4, -0.2) is 19.6 Å². The van der Waals surface area contributed by atoms with Crippen molar-refractivity contribution in [2.24, 2.45) is 0 Å². The van der Waals surface area contributed by atoms with Crippen LogP contribution in [0.2, 0.25) is 0 Å². The van der Waals surface area contributed by atoms with Crippen LogP contribution in [0.3, 0.4) is 0 Å². The minimum atomic E-state index is 0.640. The minimum Gasteiger partial charge on any atom is -0.382 e. The van der Waals surface area contributed by atoms with Gasteiger partial charge in [0.15, 0.2) is 0 Å². The second-order valence-electron chi connectivity index (χ2n) is 4.89. The van der Waals surface area contributed by atoms with Crippen LogP contribution in [0.25, 0.3) is 0 Å². The lowest BCUT2D eigenvalue weighted by Gasteiger charge is -2.29. The molecule has 2 N–H and O–H groups in total. The number of aryl methyl sites for hydroxylation is 3. The molecular weight excluding hydrogens is 196 g/mol. The molecule has 0 aliphatic carbocycles. The first kappa shape index (κ1) is 11.5. The molecule has 88 valence electrons. The number of fused-ring (bicyclic) bond motifs is 1. The Morgan fingerprint density at radius 1 is 1.38 bits per heavy atom. The van der Waals surface area contributed by atoms with Crippen LogP contribution in [0.1, 0.15) is 29.5 Å². The number of nitrogens with one attached hydrogen (secondary N) is 2. The van der Waals surface area contributed by atoms with Crippen molar-refractivity contribution in [3.63, 3.8) is 0 Å². The molecule has 0 radical (unpaired) electrons. The summed E-state index contributed by atoms with van der Waals surface area (Å²) in [7, 11) is 2.02. The van der Waals surface area contributed by atoms with Gasteiger partial charge in [-0.2, -0.15) is 0 Å². The van der Waals surface area contributed by atoms with Crippen molar-refractivity contribution in [1.82, 2.24) is 5.32 Å². The van der Waals surface area contributed by atoms with Crippen LogP contribution in [0, 0.1) is 13.8 Å². The zero-order valence-corrected chi connectivity index (χ0v) is 10.6. The third kappa shape index (κ3) is 2.38. The Labute approximate surface area is 98.4 Å². The molecule has 1 aliphatic rings. The normalized spacial score (nSPS) is 19.1. The lowest BCUT2D eigenvalue weighted by atomic mass is 9.92. The molecule has 1 heterocycles. The standard InChI is InChI=1S/C14H22N2/c1-10-8-11(2)14-12(9-10)4-5-13(16-14)6-7-15-3/h8-9,13,15-16H,4-7H2,1-3H3. The molecule has 0 amide bonds. The quantitative estimate of drug-likeness (QED) is 0.815. The Balaban J connectivity index is 2.14. The van der Waals surface area contributed by atoms with Crippen molar-refractivity contribution in [3.05, 3.63) is 28.8 Å². The highest BCUT2D eigenvalue weighted by Gasteiger charge is 2.18. The number of hydrogen-bond acceptors (Lipinski definition) is 2. The highest BCUT2D eigenvalue weighted by molar-refractivity contribution is 5.60. The lowest BCUT2D eigenvalue weighted by Crippen LogP contribution is -2.29. The Hall–Kier alpha value is -1.02. The summed E-state index contributed by atoms with van der Waals surface area (Å²) in [6.07, 6.45) is 3.69. The van der Waals surface area contributed by atoms with Crippen molar-refractivity contribution in [1.29, 1.82) is 0 Å². The third-order valence-electron chi connectivity index (χ3n) is 3.41. The van der Waals surface area contributed by atoms with Crippen LogP contribution in [0.15, 0.2) is 12.1 Å². The van der Waals surface area contributed by atoms with E-state index < -0.39 is 0 Å². The maximum absolute atomic E-state index is 3.69. The molecule has 0 spiro atoms. The summed E-state index contributed by atoms with van der Waals surface area (Å²) in [6.45, 7) is 5.48. The van der Waals surface area contributed by atoms with E-state index in [4.69, 9.17) is 0 Å². The molecule has 0 saturated carbocycles. The van der Waals surface area contributed by atoms with E-state index in [-0.39, 0.29) is 0 Å². The van der Waals surface area contributed by atoms with Crippen molar-refractivity contribution < 1.29 is 0 Å². The Bertz CT molecular complexity index is 371. The molecule has 1 aromatic rings. The average molecular weight is 218 g/mol. The van der Waals surface area contributed by atoms with Crippen LogP contribution in [0.4, 0.5) is 5.69 Å². The molecule has 1 unspecified atom stereocenters. The van der Waals surface area contributed by atoms with Gasteiger partial charge in [0, 0.05) is 11.7 Å². The molecule has 0 fully saturated rings. The van der Waals surface area contributed by atoms with Crippen molar-refractivity contribution in [2.75, 3.05) is 18.9 Å². The van der Waals surface area contributed by atoms with E-state index in [0.29, 0.717) is 6.04 Å². The number of rotatable bonds is 3. The predicted octanol–water partition coefficient (Wildman–Crippen LogP) is 2.64. The Kier molecular flexibility index (Phi) is 3.49. The maximum Gasteiger partial charge on any atom is 0.0404 e. The molecule has 0 aromatic heterocycles. The van der Waals surface area contributed by atoms with Crippen LogP contribution < -0.4 is 10.6 Å². The number of hydrogen-bond donors (Lipinski definition) is 2. The van der Waals surface area contributed by atoms with Gasteiger partial charge in [-0.05, 0) is 57.8 Å². The number of benzene rings is 1. The van der Waals surface area contributed by atoms with E-state index in [1.807, 2.05) is 7.05 Å². The van der Waals surface area contributed by atoms with Gasteiger partial charge in [0.25, 0.3) is 0 Å². The zero-order chi connectivity index (χ0) is 11.5. The van der Waals surface area contributed by atoms with Crippen LogP contribution in [0.5, 0.6) is 0 Å². The molecule has 16 heavy (non-hydrogen) atoms. The molecule has 0 saturated heterocycles. The summed E-state index contributed by atoms with van der Waals surface area (Å²) in [4.78, 5) is 0. The molecule has 2 rings (SSSR count). The van der Waals surface area contributed by atoms with Gasteiger partial charge in [-0.3, -0.25) is 0 Å². The maximum atomic E-state index is 3.69. The van der Waals surface area contributed by atoms with Crippen molar-refractivity contribution >= 4 is 5.69 Å². The van der Waals surface area contributed by atoms with E-state index in [0.717, 1.165) is 6.54 Å². The monoisotopic (exact) mass is 218 g/mol. The first-order chi connectivity index (χ1) is 7.70. The van der Waals surface area contributed by atoms with E-state index >= 15 is 0 Å². The van der Waals surface area contributed by atoms with Crippen LogP contribution in [-0.2, 0) is 6.42 Å². The fourth-order valence-electron chi connectivity index (χ4n) is 2.60. The van der Waals surface area contributed by atoms with Gasteiger partial charge >= 0.3 is 0 Å². The highest BCUT2D eigenvalue weighted by atomic mass is 14.9. The fourth-order valence-corrected chi connectivity index (χ4v) is 2.60. The lowest BCUT2D eigenvalue weighted by molar-refractivity contribution is 0.567. The van der Waals surface area contributed by atoms with Gasteiger partial charge in [0.2, 0.25) is 0 Å². The van der Waals surface area contributed by atoms with E-state index in [2.05, 4.69) is 36.6 Å². The average Bonchev–Trinajstić information content (AvgIpc) is 2.26. The SMILES string of the molecule is CNCCC1CCc2cc(C)cc(C)c2N1. The van der Waals surface area contributed by atoms with E-state index in [1.54, 1.807) is 0 Å². The zero-order valence-electron chi connectivity index (χ0n) is 10.6. The van der Waals surface area contributed by atoms with Gasteiger partial charge in [0.05, 0.1) is 0 Å². The van der Waals surface area contributed by atoms with E-state index in [9.17, 15) is 0 Å². The first-order valence-electron chi connectivity index (χ1n) is 6.22. The first-order valence-corrected chi connectivity index (χ1v) is 6.22. The molecule has 1 atom stereocenters. The minimum absolute atomic E-state index is 0.640. The fraction of sp³-hybridized carbons (Fsp3) is 0.571. The topological polar surface area (TPSA) is 24.1 Å². The molecule has 2 nitrogen and oxygen atoms in total. The van der Waals surface area contributed by atoms with Gasteiger partial charge in [-0.25, -0.2) is 0 Å². The third-order valence-corrected chi connectivity index (χ3v) is 3.41. The van der Waals surface area contributed by atoms with Crippen LogP contribution >= 0.6 is 0 Å². The summed E-state index contributed by atoms with van der Waals surface area (Å²) >= 11 is 0. The van der Waals surface area contributed by atoms with Gasteiger partial charge in [-0.1, -0.05) is 17.7 Å². The summed E-state index contributed by atoms with van der Waals surface area (Å²) in [5.74, 6) is 0. The second-order valence-corrected chi connectivity index (χ2v) is 4.89. The summed E-state index contributed by atoms with van der Waals surface area (Å²) < 4.78 is 0. The molecule has 0 bridgehead atoms. The predicted molar refractivity (Wildman–Crippen MR) is 70.2 cm³/mol. The largest absolute Gasteiger partial charge is 0.382 e. The summed E-state index contributed by atoms with van der Waals surface area (Å²) in [5.41, 5.74) is 5.66.